The topological polar surface area (TPSA) is 57.8 Å². The maximum atomic E-state index is 4.45. The van der Waals surface area contributed by atoms with E-state index in [9.17, 15) is 0 Å². The highest BCUT2D eigenvalue weighted by Crippen LogP contribution is 2.28. The Morgan fingerprint density at radius 2 is 2.04 bits per heavy atom. The molecular formula is C20H33IN6. The van der Waals surface area contributed by atoms with Gasteiger partial charge in [0.25, 0.3) is 0 Å². The Morgan fingerprint density at radius 3 is 2.78 bits per heavy atom. The van der Waals surface area contributed by atoms with E-state index < -0.39 is 0 Å². The summed E-state index contributed by atoms with van der Waals surface area (Å²) >= 11 is 0. The molecule has 1 aliphatic rings. The lowest BCUT2D eigenvalue weighted by molar-refractivity contribution is 0.250. The van der Waals surface area contributed by atoms with Gasteiger partial charge in [-0.3, -0.25) is 9.39 Å². The standard InChI is InChI=1S/C20H32N6.HI/c1-16-9-11-17(12-10-16)15-25(3)20(21-2)22-13-6-8-19-24-23-18-7-4-5-14-26(18)19;/h4-5,7,14,16-17H,6,8-13,15H2,1-3H3,(H,21,22);1H. The Labute approximate surface area is 179 Å². The maximum absolute atomic E-state index is 4.45. The van der Waals surface area contributed by atoms with Crippen LogP contribution in [-0.4, -0.2) is 52.6 Å². The number of aliphatic imine (C=N–C) groups is 1. The molecule has 0 atom stereocenters. The first kappa shape index (κ1) is 21.9. The van der Waals surface area contributed by atoms with E-state index in [-0.39, 0.29) is 24.0 Å². The van der Waals surface area contributed by atoms with E-state index in [4.69, 9.17) is 0 Å². The van der Waals surface area contributed by atoms with Crippen molar-refractivity contribution in [2.75, 3.05) is 27.2 Å². The molecule has 1 fully saturated rings. The second kappa shape index (κ2) is 10.8. The van der Waals surface area contributed by atoms with Gasteiger partial charge in [-0.15, -0.1) is 34.2 Å². The second-order valence-electron chi connectivity index (χ2n) is 7.63. The molecule has 0 unspecified atom stereocenters. The molecule has 0 saturated heterocycles. The summed E-state index contributed by atoms with van der Waals surface area (Å²) in [4.78, 5) is 6.74. The van der Waals surface area contributed by atoms with Gasteiger partial charge in [-0.25, -0.2) is 0 Å². The molecule has 0 aromatic carbocycles. The Bertz CT molecular complexity index is 720. The van der Waals surface area contributed by atoms with Gasteiger partial charge in [-0.2, -0.15) is 0 Å². The van der Waals surface area contributed by atoms with Crippen molar-refractivity contribution < 1.29 is 0 Å². The number of nitrogens with one attached hydrogen (secondary N) is 1. The highest BCUT2D eigenvalue weighted by molar-refractivity contribution is 14.0. The van der Waals surface area contributed by atoms with Gasteiger partial charge in [0.15, 0.2) is 11.6 Å². The lowest BCUT2D eigenvalue weighted by Gasteiger charge is -2.31. The van der Waals surface area contributed by atoms with Crippen molar-refractivity contribution in [1.82, 2.24) is 24.8 Å². The number of guanidine groups is 1. The fourth-order valence-corrected chi connectivity index (χ4v) is 3.88. The van der Waals surface area contributed by atoms with Crippen molar-refractivity contribution in [2.24, 2.45) is 16.8 Å². The summed E-state index contributed by atoms with van der Waals surface area (Å²) in [6.07, 6.45) is 9.37. The van der Waals surface area contributed by atoms with E-state index in [2.05, 4.69) is 43.8 Å². The maximum Gasteiger partial charge on any atom is 0.193 e. The van der Waals surface area contributed by atoms with Crippen molar-refractivity contribution in [3.8, 4) is 0 Å². The summed E-state index contributed by atoms with van der Waals surface area (Å²) in [5.41, 5.74) is 0.910. The average molecular weight is 484 g/mol. The Balaban J connectivity index is 0.00000261. The summed E-state index contributed by atoms with van der Waals surface area (Å²) in [5.74, 6) is 3.72. The van der Waals surface area contributed by atoms with Gasteiger partial charge in [0.1, 0.15) is 5.82 Å². The average Bonchev–Trinajstić information content (AvgIpc) is 3.07. The number of halogens is 1. The van der Waals surface area contributed by atoms with Gasteiger partial charge >= 0.3 is 0 Å². The van der Waals surface area contributed by atoms with Gasteiger partial charge in [-0.1, -0.05) is 25.8 Å². The molecule has 1 saturated carbocycles. The third kappa shape index (κ3) is 6.05. The second-order valence-corrected chi connectivity index (χ2v) is 7.63. The fourth-order valence-electron chi connectivity index (χ4n) is 3.88. The van der Waals surface area contributed by atoms with Crippen LogP contribution in [0, 0.1) is 11.8 Å². The van der Waals surface area contributed by atoms with Crippen molar-refractivity contribution >= 4 is 35.6 Å². The SMILES string of the molecule is CN=C(NCCCc1nnc2ccccn12)N(C)CC1CCC(C)CC1.I. The van der Waals surface area contributed by atoms with Crippen LogP contribution in [0.1, 0.15) is 44.9 Å². The number of aromatic nitrogens is 3. The summed E-state index contributed by atoms with van der Waals surface area (Å²) in [5, 5.41) is 12.0. The Morgan fingerprint density at radius 1 is 1.26 bits per heavy atom. The number of pyridine rings is 1. The predicted octanol–water partition coefficient (Wildman–Crippen LogP) is 3.61. The van der Waals surface area contributed by atoms with Crippen molar-refractivity contribution in [2.45, 2.75) is 45.4 Å². The molecule has 6 nitrogen and oxygen atoms in total. The zero-order valence-corrected chi connectivity index (χ0v) is 19.1. The van der Waals surface area contributed by atoms with Gasteiger partial charge in [0.2, 0.25) is 0 Å². The first-order valence-electron chi connectivity index (χ1n) is 9.87. The molecule has 0 aliphatic heterocycles. The van der Waals surface area contributed by atoms with Crippen molar-refractivity contribution in [3.63, 3.8) is 0 Å². The van der Waals surface area contributed by atoms with Crippen LogP contribution in [0.25, 0.3) is 5.65 Å². The molecule has 150 valence electrons. The lowest BCUT2D eigenvalue weighted by Crippen LogP contribution is -2.42. The number of nitrogens with zero attached hydrogens (tertiary/aromatic N) is 5. The normalized spacial score (nSPS) is 20.3. The van der Waals surface area contributed by atoms with Gasteiger partial charge in [0.05, 0.1) is 0 Å². The van der Waals surface area contributed by atoms with E-state index >= 15 is 0 Å². The van der Waals surface area contributed by atoms with Crippen molar-refractivity contribution in [1.29, 1.82) is 0 Å². The Hall–Kier alpha value is -1.38. The van der Waals surface area contributed by atoms with Crippen LogP contribution in [0.15, 0.2) is 29.4 Å². The molecular weight excluding hydrogens is 451 g/mol. The fraction of sp³-hybridized carbons (Fsp3) is 0.650. The molecule has 2 aromatic heterocycles. The lowest BCUT2D eigenvalue weighted by atomic mass is 9.83. The monoisotopic (exact) mass is 484 g/mol. The summed E-state index contributed by atoms with van der Waals surface area (Å²) in [6, 6.07) is 5.99. The number of aryl methyl sites for hydroxylation is 1. The first-order valence-corrected chi connectivity index (χ1v) is 9.87. The van der Waals surface area contributed by atoms with E-state index in [0.29, 0.717) is 0 Å². The minimum atomic E-state index is 0. The molecule has 1 N–H and O–H groups in total. The van der Waals surface area contributed by atoms with E-state index in [1.165, 1.54) is 25.7 Å². The molecule has 0 bridgehead atoms. The highest BCUT2D eigenvalue weighted by atomic mass is 127. The van der Waals surface area contributed by atoms with Crippen LogP contribution in [0.4, 0.5) is 0 Å². The zero-order valence-electron chi connectivity index (χ0n) is 16.8. The van der Waals surface area contributed by atoms with Crippen LogP contribution in [0.5, 0.6) is 0 Å². The van der Waals surface area contributed by atoms with Crippen LogP contribution in [0.3, 0.4) is 0 Å². The van der Waals surface area contributed by atoms with E-state index in [1.807, 2.05) is 31.4 Å². The smallest absolute Gasteiger partial charge is 0.193 e. The van der Waals surface area contributed by atoms with Crippen molar-refractivity contribution in [3.05, 3.63) is 30.2 Å². The van der Waals surface area contributed by atoms with Crippen LogP contribution in [-0.2, 0) is 6.42 Å². The largest absolute Gasteiger partial charge is 0.356 e. The molecule has 0 spiro atoms. The molecule has 0 amide bonds. The third-order valence-corrected chi connectivity index (χ3v) is 5.49. The highest BCUT2D eigenvalue weighted by Gasteiger charge is 2.20. The Kier molecular flexibility index (Phi) is 8.79. The van der Waals surface area contributed by atoms with E-state index in [0.717, 1.165) is 55.2 Å². The van der Waals surface area contributed by atoms with Crippen LogP contribution < -0.4 is 5.32 Å². The third-order valence-electron chi connectivity index (χ3n) is 5.49. The predicted molar refractivity (Wildman–Crippen MR) is 122 cm³/mol. The minimum Gasteiger partial charge on any atom is -0.356 e. The molecule has 1 aliphatic carbocycles. The van der Waals surface area contributed by atoms with Crippen LogP contribution >= 0.6 is 24.0 Å². The quantitative estimate of drug-likeness (QED) is 0.295. The number of rotatable bonds is 6. The van der Waals surface area contributed by atoms with Crippen LogP contribution in [0.2, 0.25) is 0 Å². The number of hydrogen-bond donors (Lipinski definition) is 1. The van der Waals surface area contributed by atoms with Gasteiger partial charge in [-0.05, 0) is 43.2 Å². The number of hydrogen-bond acceptors (Lipinski definition) is 3. The summed E-state index contributed by atoms with van der Waals surface area (Å²) in [6.45, 7) is 4.36. The minimum absolute atomic E-state index is 0. The molecule has 2 aromatic rings. The zero-order chi connectivity index (χ0) is 18.4. The van der Waals surface area contributed by atoms with Gasteiger partial charge < -0.3 is 10.2 Å². The molecule has 2 heterocycles. The number of fused-ring (bicyclic) bond motifs is 1. The first-order chi connectivity index (χ1) is 12.7. The molecule has 27 heavy (non-hydrogen) atoms. The van der Waals surface area contributed by atoms with Gasteiger partial charge in [0, 0.05) is 39.8 Å². The molecule has 0 radical (unpaired) electrons. The summed E-state index contributed by atoms with van der Waals surface area (Å²) < 4.78 is 2.06. The molecule has 3 rings (SSSR count). The van der Waals surface area contributed by atoms with E-state index in [1.54, 1.807) is 0 Å². The molecule has 7 heteroatoms. The summed E-state index contributed by atoms with van der Waals surface area (Å²) in [7, 11) is 4.02.